The lowest BCUT2D eigenvalue weighted by atomic mass is 9.94. The topological polar surface area (TPSA) is 84.9 Å². The number of rotatable bonds is 7. The number of thiophene rings is 1. The van der Waals surface area contributed by atoms with Crippen molar-refractivity contribution >= 4 is 73.6 Å². The SMILES string of the molecule is CN(C)C(=O)C1CCN(c2ncc(C(=O)Nc3nc(-c4cc(Cl)cs4)c(N4CCN(C5CCCCC5)CC4)s3)cc2Cl)CC1. The third kappa shape index (κ3) is 7.02. The number of pyridine rings is 1. The van der Waals surface area contributed by atoms with E-state index in [4.69, 9.17) is 28.2 Å². The summed E-state index contributed by atoms with van der Waals surface area (Å²) in [6.07, 6.45) is 9.73. The van der Waals surface area contributed by atoms with Gasteiger partial charge in [-0.15, -0.1) is 11.3 Å². The molecule has 2 saturated heterocycles. The fourth-order valence-corrected chi connectivity index (χ4v) is 9.02. The second-order valence-electron chi connectivity index (χ2n) is 12.1. The van der Waals surface area contributed by atoms with E-state index in [2.05, 4.69) is 25.0 Å². The molecule has 44 heavy (non-hydrogen) atoms. The number of thiazole rings is 1. The largest absolute Gasteiger partial charge is 0.359 e. The van der Waals surface area contributed by atoms with Crippen LogP contribution in [-0.2, 0) is 4.79 Å². The highest BCUT2D eigenvalue weighted by molar-refractivity contribution is 7.21. The lowest BCUT2D eigenvalue weighted by Gasteiger charge is -2.41. The van der Waals surface area contributed by atoms with Gasteiger partial charge in [0.05, 0.1) is 20.5 Å². The van der Waals surface area contributed by atoms with Crippen LogP contribution in [0, 0.1) is 5.92 Å². The van der Waals surface area contributed by atoms with Gasteiger partial charge in [-0.3, -0.25) is 19.8 Å². The first-order valence-electron chi connectivity index (χ1n) is 15.4. The van der Waals surface area contributed by atoms with E-state index < -0.39 is 0 Å². The lowest BCUT2D eigenvalue weighted by Crippen LogP contribution is -2.50. The highest BCUT2D eigenvalue weighted by Gasteiger charge is 2.30. The molecule has 1 N–H and O–H groups in total. The fraction of sp³-hybridized carbons (Fsp3) is 0.548. The van der Waals surface area contributed by atoms with Gasteiger partial charge in [-0.05, 0) is 37.8 Å². The van der Waals surface area contributed by atoms with Crippen LogP contribution in [0.4, 0.5) is 16.0 Å². The average Bonchev–Trinajstić information content (AvgIpc) is 3.67. The zero-order valence-corrected chi connectivity index (χ0v) is 28.4. The van der Waals surface area contributed by atoms with Gasteiger partial charge < -0.3 is 14.7 Å². The number of hydrogen-bond donors (Lipinski definition) is 1. The van der Waals surface area contributed by atoms with Gasteiger partial charge in [-0.2, -0.15) is 0 Å². The molecule has 0 unspecified atom stereocenters. The van der Waals surface area contributed by atoms with Crippen LogP contribution < -0.4 is 15.1 Å². The summed E-state index contributed by atoms with van der Waals surface area (Å²) in [7, 11) is 3.58. The first-order chi connectivity index (χ1) is 21.3. The molecule has 1 aliphatic carbocycles. The van der Waals surface area contributed by atoms with Gasteiger partial charge in [0, 0.05) is 76.9 Å². The number of carbonyl (C=O) groups is 2. The monoisotopic (exact) mass is 675 g/mol. The summed E-state index contributed by atoms with van der Waals surface area (Å²) in [5.41, 5.74) is 1.23. The highest BCUT2D eigenvalue weighted by atomic mass is 35.5. The number of aromatic nitrogens is 2. The summed E-state index contributed by atoms with van der Waals surface area (Å²) >= 11 is 16.0. The normalized spacial score (nSPS) is 18.9. The van der Waals surface area contributed by atoms with Gasteiger partial charge in [0.1, 0.15) is 16.5 Å². The number of halogens is 2. The van der Waals surface area contributed by atoms with E-state index in [1.165, 1.54) is 43.4 Å². The standard InChI is InChI=1S/C31H39Cl2N7O2S2/c1-37(2)29(42)20-8-10-39(11-9-20)27-24(33)16-21(18-34-27)28(41)36-31-35-26(25-17-22(32)19-43-25)30(44-31)40-14-12-38(13-15-40)23-6-4-3-5-7-23/h16-20,23H,3-15H2,1-2H3,(H,35,36,41). The Morgan fingerprint density at radius 1 is 0.955 bits per heavy atom. The maximum Gasteiger partial charge on any atom is 0.259 e. The molecule has 3 fully saturated rings. The molecule has 0 spiro atoms. The third-order valence-corrected chi connectivity index (χ3v) is 11.6. The number of amides is 2. The van der Waals surface area contributed by atoms with E-state index in [0.717, 1.165) is 54.6 Å². The molecule has 6 rings (SSSR count). The van der Waals surface area contributed by atoms with Crippen molar-refractivity contribution in [2.75, 3.05) is 68.5 Å². The van der Waals surface area contributed by atoms with Gasteiger partial charge >= 0.3 is 0 Å². The van der Waals surface area contributed by atoms with E-state index >= 15 is 0 Å². The number of piperazine rings is 1. The van der Waals surface area contributed by atoms with Gasteiger partial charge in [-0.1, -0.05) is 53.8 Å². The van der Waals surface area contributed by atoms with Crippen LogP contribution in [0.25, 0.3) is 10.6 Å². The zero-order valence-electron chi connectivity index (χ0n) is 25.2. The molecule has 3 aromatic heterocycles. The van der Waals surface area contributed by atoms with Gasteiger partial charge in [0.25, 0.3) is 5.91 Å². The number of anilines is 3. The third-order valence-electron chi connectivity index (χ3n) is 8.99. The molecular formula is C31H39Cl2N7O2S2. The number of piperidine rings is 1. The molecule has 2 aliphatic heterocycles. The van der Waals surface area contributed by atoms with Crippen molar-refractivity contribution < 1.29 is 9.59 Å². The second-order valence-corrected chi connectivity index (χ2v) is 14.8. The Morgan fingerprint density at radius 2 is 1.68 bits per heavy atom. The van der Waals surface area contributed by atoms with E-state index in [9.17, 15) is 9.59 Å². The molecule has 0 atom stereocenters. The molecule has 3 aliphatic rings. The minimum absolute atomic E-state index is 0.0177. The summed E-state index contributed by atoms with van der Waals surface area (Å²) in [6.45, 7) is 5.31. The van der Waals surface area contributed by atoms with Gasteiger partial charge in [0.15, 0.2) is 5.13 Å². The molecule has 5 heterocycles. The van der Waals surface area contributed by atoms with E-state index in [-0.39, 0.29) is 17.7 Å². The molecule has 236 valence electrons. The van der Waals surface area contributed by atoms with Gasteiger partial charge in [0.2, 0.25) is 5.91 Å². The van der Waals surface area contributed by atoms with Crippen molar-refractivity contribution in [2.24, 2.45) is 5.92 Å². The quantitative estimate of drug-likeness (QED) is 0.303. The van der Waals surface area contributed by atoms with Crippen molar-refractivity contribution in [2.45, 2.75) is 51.0 Å². The van der Waals surface area contributed by atoms with Crippen molar-refractivity contribution in [3.05, 3.63) is 39.3 Å². The van der Waals surface area contributed by atoms with Gasteiger partial charge in [-0.25, -0.2) is 9.97 Å². The number of nitrogens with zero attached hydrogens (tertiary/aromatic N) is 6. The van der Waals surface area contributed by atoms with Crippen LogP contribution in [0.3, 0.4) is 0 Å². The number of nitrogens with one attached hydrogen (secondary N) is 1. The zero-order chi connectivity index (χ0) is 30.8. The highest BCUT2D eigenvalue weighted by Crippen LogP contribution is 2.42. The Balaban J connectivity index is 1.14. The summed E-state index contributed by atoms with van der Waals surface area (Å²) in [5.74, 6) is 0.511. The minimum atomic E-state index is -0.306. The molecular weight excluding hydrogens is 637 g/mol. The summed E-state index contributed by atoms with van der Waals surface area (Å²) in [5, 5.41) is 7.61. The molecule has 3 aromatic rings. The maximum atomic E-state index is 13.4. The number of hydrogen-bond acceptors (Lipinski definition) is 9. The van der Waals surface area contributed by atoms with E-state index in [1.54, 1.807) is 42.6 Å². The Hall–Kier alpha value is -2.44. The summed E-state index contributed by atoms with van der Waals surface area (Å²) < 4.78 is 0. The summed E-state index contributed by atoms with van der Waals surface area (Å²) in [6, 6.07) is 4.31. The Labute approximate surface area is 277 Å². The second kappa shape index (κ2) is 13.9. The van der Waals surface area contributed by atoms with Crippen LogP contribution in [0.2, 0.25) is 10.0 Å². The lowest BCUT2D eigenvalue weighted by molar-refractivity contribution is -0.133. The van der Waals surface area contributed by atoms with Crippen molar-refractivity contribution in [1.82, 2.24) is 19.8 Å². The molecule has 0 bridgehead atoms. The van der Waals surface area contributed by atoms with Crippen LogP contribution >= 0.6 is 45.9 Å². The minimum Gasteiger partial charge on any atom is -0.359 e. The van der Waals surface area contributed by atoms with Crippen LogP contribution in [0.15, 0.2) is 23.7 Å². The van der Waals surface area contributed by atoms with Crippen molar-refractivity contribution in [1.29, 1.82) is 0 Å². The first-order valence-corrected chi connectivity index (χ1v) is 17.9. The van der Waals surface area contributed by atoms with Crippen LogP contribution in [0.5, 0.6) is 0 Å². The average molecular weight is 677 g/mol. The Kier molecular flexibility index (Phi) is 9.97. The summed E-state index contributed by atoms with van der Waals surface area (Å²) in [4.78, 5) is 44.9. The Morgan fingerprint density at radius 3 is 2.32 bits per heavy atom. The van der Waals surface area contributed by atoms with E-state index in [0.29, 0.717) is 45.7 Å². The molecule has 9 nitrogen and oxygen atoms in total. The molecule has 2 amide bonds. The smallest absolute Gasteiger partial charge is 0.259 e. The van der Waals surface area contributed by atoms with Crippen molar-refractivity contribution in [3.8, 4) is 10.6 Å². The predicted molar refractivity (Wildman–Crippen MR) is 182 cm³/mol. The van der Waals surface area contributed by atoms with Crippen LogP contribution in [0.1, 0.15) is 55.3 Å². The molecule has 1 saturated carbocycles. The first kappa shape index (κ1) is 31.5. The van der Waals surface area contributed by atoms with Crippen molar-refractivity contribution in [3.63, 3.8) is 0 Å². The Bertz CT molecular complexity index is 1470. The number of carbonyl (C=O) groups excluding carboxylic acids is 2. The van der Waals surface area contributed by atoms with Crippen LogP contribution in [-0.4, -0.2) is 91.0 Å². The molecule has 0 radical (unpaired) electrons. The molecule has 0 aromatic carbocycles. The maximum absolute atomic E-state index is 13.4. The van der Waals surface area contributed by atoms with E-state index in [1.807, 2.05) is 11.4 Å². The molecule has 13 heteroatoms. The predicted octanol–water partition coefficient (Wildman–Crippen LogP) is 6.59. The fourth-order valence-electron chi connectivity index (χ4n) is 6.57.